The molecule has 37 heavy (non-hydrogen) atoms. The highest BCUT2D eigenvalue weighted by Crippen LogP contribution is 2.24. The molecule has 0 spiro atoms. The number of morpholine rings is 1. The molecule has 1 aliphatic heterocycles. The Morgan fingerprint density at radius 2 is 1.86 bits per heavy atom. The van der Waals surface area contributed by atoms with Crippen molar-refractivity contribution in [2.75, 3.05) is 26.3 Å². The average Bonchev–Trinajstić information content (AvgIpc) is 3.47. The summed E-state index contributed by atoms with van der Waals surface area (Å²) in [4.78, 5) is 29.2. The molecule has 5 rings (SSSR count). The number of aromatic nitrogens is 4. The zero-order valence-corrected chi connectivity index (χ0v) is 20.9. The molecule has 0 N–H and O–H groups in total. The monoisotopic (exact) mass is 527 g/mol. The molecule has 0 radical (unpaired) electrons. The van der Waals surface area contributed by atoms with Crippen molar-refractivity contribution < 1.29 is 27.1 Å². The van der Waals surface area contributed by atoms with E-state index < -0.39 is 28.3 Å². The number of esters is 1. The normalized spacial score (nSPS) is 14.7. The van der Waals surface area contributed by atoms with Crippen LogP contribution in [0.5, 0.6) is 0 Å². The second kappa shape index (κ2) is 10.3. The van der Waals surface area contributed by atoms with Crippen molar-refractivity contribution in [2.45, 2.75) is 31.5 Å². The van der Waals surface area contributed by atoms with Gasteiger partial charge in [0.25, 0.3) is 0 Å². The first-order valence-electron chi connectivity index (χ1n) is 11.7. The number of fused-ring (bicyclic) bond motifs is 1. The molecule has 3 heterocycles. The number of carbonyl (C=O) groups is 1. The number of hydrogen-bond acceptors (Lipinski definition) is 9. The lowest BCUT2D eigenvalue weighted by molar-refractivity contribution is -0.146. The smallest absolute Gasteiger partial charge is 0.437 e. The number of sulfonamides is 1. The molecule has 0 saturated carbocycles. The summed E-state index contributed by atoms with van der Waals surface area (Å²) in [7, 11) is -3.68. The number of ether oxygens (including phenoxy) is 2. The average molecular weight is 528 g/mol. The van der Waals surface area contributed by atoms with Crippen LogP contribution < -0.4 is 5.76 Å². The predicted molar refractivity (Wildman–Crippen MR) is 131 cm³/mol. The highest BCUT2D eigenvalue weighted by Gasteiger charge is 2.27. The molecule has 0 atom stereocenters. The fourth-order valence-corrected chi connectivity index (χ4v) is 5.56. The summed E-state index contributed by atoms with van der Waals surface area (Å²) < 4.78 is 45.9. The van der Waals surface area contributed by atoms with E-state index in [1.54, 1.807) is 36.4 Å². The third-order valence-corrected chi connectivity index (χ3v) is 7.89. The van der Waals surface area contributed by atoms with Crippen LogP contribution in [0.4, 0.5) is 0 Å². The molecular formula is C24H25N5O7S. The Labute approximate surface area is 212 Å². The lowest BCUT2D eigenvalue weighted by Crippen LogP contribution is -2.40. The lowest BCUT2D eigenvalue weighted by Gasteiger charge is -2.26. The molecule has 2 aromatic heterocycles. The highest BCUT2D eigenvalue weighted by atomic mass is 32.2. The molecule has 4 aromatic rings. The zero-order chi connectivity index (χ0) is 26.0. The van der Waals surface area contributed by atoms with E-state index in [4.69, 9.17) is 13.9 Å². The van der Waals surface area contributed by atoms with E-state index in [-0.39, 0.29) is 17.4 Å². The number of hydrogen-bond donors (Lipinski definition) is 0. The lowest BCUT2D eigenvalue weighted by atomic mass is 10.2. The van der Waals surface area contributed by atoms with Crippen molar-refractivity contribution >= 4 is 27.0 Å². The Morgan fingerprint density at radius 3 is 2.59 bits per heavy atom. The molecule has 0 unspecified atom stereocenters. The van der Waals surface area contributed by atoms with E-state index in [1.807, 2.05) is 17.6 Å². The molecule has 1 aliphatic rings. The summed E-state index contributed by atoms with van der Waals surface area (Å²) in [5.74, 6) is -0.913. The number of aryl methyl sites for hydroxylation is 1. The van der Waals surface area contributed by atoms with Crippen molar-refractivity contribution in [3.05, 3.63) is 64.9 Å². The fraction of sp³-hybridized carbons (Fsp3) is 0.333. The van der Waals surface area contributed by atoms with E-state index in [0.29, 0.717) is 49.8 Å². The van der Waals surface area contributed by atoms with Gasteiger partial charge in [-0.3, -0.25) is 4.79 Å². The Bertz CT molecular complexity index is 1580. The van der Waals surface area contributed by atoms with Crippen molar-refractivity contribution in [3.8, 4) is 11.5 Å². The number of imidazole rings is 1. The van der Waals surface area contributed by atoms with Gasteiger partial charge in [0.2, 0.25) is 15.9 Å². The maximum atomic E-state index is 13.0. The van der Waals surface area contributed by atoms with E-state index in [0.717, 1.165) is 10.2 Å². The van der Waals surface area contributed by atoms with Crippen LogP contribution in [0, 0.1) is 0 Å². The van der Waals surface area contributed by atoms with E-state index in [1.165, 1.54) is 10.4 Å². The van der Waals surface area contributed by atoms with Gasteiger partial charge in [-0.05, 0) is 37.3 Å². The maximum Gasteiger partial charge on any atom is 0.437 e. The molecule has 1 fully saturated rings. The second-order valence-corrected chi connectivity index (χ2v) is 10.2. The van der Waals surface area contributed by atoms with Gasteiger partial charge in [0.05, 0.1) is 29.1 Å². The number of nitrogens with zero attached hydrogens (tertiary/aromatic N) is 5. The minimum absolute atomic E-state index is 0.106. The summed E-state index contributed by atoms with van der Waals surface area (Å²) in [6, 6.07) is 13.6. The summed E-state index contributed by atoms with van der Waals surface area (Å²) in [5.41, 5.74) is 1.80. The molecule has 2 aromatic carbocycles. The molecule has 0 amide bonds. The van der Waals surface area contributed by atoms with Gasteiger partial charge in [-0.2, -0.15) is 8.99 Å². The van der Waals surface area contributed by atoms with Gasteiger partial charge in [0, 0.05) is 25.2 Å². The van der Waals surface area contributed by atoms with Gasteiger partial charge >= 0.3 is 11.7 Å². The van der Waals surface area contributed by atoms with Gasteiger partial charge in [-0.25, -0.2) is 18.2 Å². The van der Waals surface area contributed by atoms with Gasteiger partial charge in [-0.1, -0.05) is 18.2 Å². The standard InChI is InChI=1S/C24H25N5O7S/c1-2-28-20-9-8-18(37(32,33)27-10-12-34-13-11-27)14-19(20)25-21(28)16-35-22(30)15-29-24(31)36-23(26-29)17-6-4-3-5-7-17/h3-9,14H,2,10-13,15-16H2,1H3. The Balaban J connectivity index is 1.31. The first kappa shape index (κ1) is 24.9. The maximum absolute atomic E-state index is 13.0. The third-order valence-electron chi connectivity index (χ3n) is 5.99. The molecule has 1 saturated heterocycles. The van der Waals surface area contributed by atoms with Crippen molar-refractivity contribution in [1.82, 2.24) is 23.6 Å². The predicted octanol–water partition coefficient (Wildman–Crippen LogP) is 1.64. The minimum Gasteiger partial charge on any atom is -0.456 e. The van der Waals surface area contributed by atoms with Crippen LogP contribution in [-0.4, -0.2) is 64.3 Å². The summed E-state index contributed by atoms with van der Waals surface area (Å²) in [6.45, 7) is 3.16. The first-order valence-corrected chi connectivity index (χ1v) is 13.2. The van der Waals surface area contributed by atoms with Crippen LogP contribution in [0.2, 0.25) is 0 Å². The van der Waals surface area contributed by atoms with Crippen molar-refractivity contribution in [3.63, 3.8) is 0 Å². The quantitative estimate of drug-likeness (QED) is 0.313. The second-order valence-electron chi connectivity index (χ2n) is 8.30. The molecule has 12 nitrogen and oxygen atoms in total. The molecule has 0 aliphatic carbocycles. The van der Waals surface area contributed by atoms with E-state index >= 15 is 0 Å². The van der Waals surface area contributed by atoms with Crippen molar-refractivity contribution in [2.24, 2.45) is 0 Å². The van der Waals surface area contributed by atoms with Crippen molar-refractivity contribution in [1.29, 1.82) is 0 Å². The number of carbonyl (C=O) groups excluding carboxylic acids is 1. The zero-order valence-electron chi connectivity index (χ0n) is 20.1. The third kappa shape index (κ3) is 5.05. The van der Waals surface area contributed by atoms with Crippen LogP contribution in [0.25, 0.3) is 22.5 Å². The summed E-state index contributed by atoms with van der Waals surface area (Å²) in [5, 5.41) is 4.06. The van der Waals surface area contributed by atoms with Crippen LogP contribution >= 0.6 is 0 Å². The molecule has 0 bridgehead atoms. The van der Waals surface area contributed by atoms with E-state index in [9.17, 15) is 18.0 Å². The molecular weight excluding hydrogens is 502 g/mol. The molecule has 194 valence electrons. The topological polar surface area (TPSA) is 139 Å². The van der Waals surface area contributed by atoms with Gasteiger partial charge in [0.1, 0.15) is 19.0 Å². The fourth-order valence-electron chi connectivity index (χ4n) is 4.14. The highest BCUT2D eigenvalue weighted by molar-refractivity contribution is 7.89. The van der Waals surface area contributed by atoms with Crippen LogP contribution in [0.15, 0.2) is 62.6 Å². The van der Waals surface area contributed by atoms with Gasteiger partial charge in [0.15, 0.2) is 0 Å². The van der Waals surface area contributed by atoms with Crippen LogP contribution in [0.1, 0.15) is 12.7 Å². The summed E-state index contributed by atoms with van der Waals surface area (Å²) >= 11 is 0. The molecule has 13 heteroatoms. The SMILES string of the molecule is CCn1c(COC(=O)Cn2nc(-c3ccccc3)oc2=O)nc2cc(S(=O)(=O)N3CCOCC3)ccc21. The van der Waals surface area contributed by atoms with Gasteiger partial charge in [-0.15, -0.1) is 5.10 Å². The Morgan fingerprint density at radius 1 is 1.11 bits per heavy atom. The summed E-state index contributed by atoms with van der Waals surface area (Å²) in [6.07, 6.45) is 0. The minimum atomic E-state index is -3.68. The Kier molecular flexibility index (Phi) is 6.91. The van der Waals surface area contributed by atoms with Crippen LogP contribution in [0.3, 0.4) is 0 Å². The number of benzene rings is 2. The Hall–Kier alpha value is -3.81. The largest absolute Gasteiger partial charge is 0.456 e. The van der Waals surface area contributed by atoms with Gasteiger partial charge < -0.3 is 18.5 Å². The van der Waals surface area contributed by atoms with Crippen LogP contribution in [-0.2, 0) is 44.0 Å². The van der Waals surface area contributed by atoms with E-state index in [2.05, 4.69) is 10.1 Å². The number of rotatable bonds is 8. The first-order chi connectivity index (χ1) is 17.9.